The fourth-order valence-corrected chi connectivity index (χ4v) is 3.49. The van der Waals surface area contributed by atoms with Crippen molar-refractivity contribution in [3.63, 3.8) is 0 Å². The second-order valence-corrected chi connectivity index (χ2v) is 6.01. The van der Waals surface area contributed by atoms with Crippen LogP contribution in [0.5, 0.6) is 0 Å². The molecule has 2 unspecified atom stereocenters. The Hall–Kier alpha value is -0.570. The van der Waals surface area contributed by atoms with Gasteiger partial charge in [-0.15, -0.1) is 0 Å². The quantitative estimate of drug-likeness (QED) is 0.771. The van der Waals surface area contributed by atoms with Gasteiger partial charge in [0.1, 0.15) is 0 Å². The first kappa shape index (κ1) is 12.9. The molecule has 0 spiro atoms. The Labute approximate surface area is 104 Å². The second-order valence-electron chi connectivity index (χ2n) is 6.01. The molecule has 3 heteroatoms. The lowest BCUT2D eigenvalue weighted by Gasteiger charge is -2.40. The SMILES string of the molecule is CCOC(=O)C1(C2(O)CCC(C)CC2)CC1C. The van der Waals surface area contributed by atoms with Gasteiger partial charge in [-0.25, -0.2) is 0 Å². The molecule has 0 bridgehead atoms. The first-order valence-corrected chi connectivity index (χ1v) is 6.86. The molecule has 2 atom stereocenters. The minimum absolute atomic E-state index is 0.176. The van der Waals surface area contributed by atoms with Gasteiger partial charge in [0, 0.05) is 0 Å². The highest BCUT2D eigenvalue weighted by Crippen LogP contribution is 2.64. The Morgan fingerprint density at radius 3 is 2.29 bits per heavy atom. The van der Waals surface area contributed by atoms with Gasteiger partial charge in [-0.2, -0.15) is 0 Å². The monoisotopic (exact) mass is 240 g/mol. The molecule has 2 fully saturated rings. The first-order chi connectivity index (χ1) is 7.96. The highest BCUT2D eigenvalue weighted by Gasteiger charge is 2.70. The van der Waals surface area contributed by atoms with Crippen LogP contribution in [0.4, 0.5) is 0 Å². The summed E-state index contributed by atoms with van der Waals surface area (Å²) in [5.41, 5.74) is -1.41. The first-order valence-electron chi connectivity index (χ1n) is 6.86. The summed E-state index contributed by atoms with van der Waals surface area (Å²) in [5.74, 6) is 0.757. The lowest BCUT2D eigenvalue weighted by molar-refractivity contribution is -0.167. The normalized spacial score (nSPS) is 45.4. The molecule has 0 aromatic rings. The topological polar surface area (TPSA) is 46.5 Å². The van der Waals surface area contributed by atoms with Crippen LogP contribution < -0.4 is 0 Å². The summed E-state index contributed by atoms with van der Waals surface area (Å²) < 4.78 is 5.19. The van der Waals surface area contributed by atoms with E-state index in [9.17, 15) is 9.90 Å². The van der Waals surface area contributed by atoms with E-state index in [1.165, 1.54) is 0 Å². The Morgan fingerprint density at radius 2 is 1.88 bits per heavy atom. The summed E-state index contributed by atoms with van der Waals surface area (Å²) in [6.45, 7) is 6.49. The van der Waals surface area contributed by atoms with Gasteiger partial charge in [0.2, 0.25) is 0 Å². The van der Waals surface area contributed by atoms with E-state index >= 15 is 0 Å². The van der Waals surface area contributed by atoms with E-state index in [1.54, 1.807) is 0 Å². The lowest BCUT2D eigenvalue weighted by atomic mass is 9.69. The molecule has 0 heterocycles. The van der Waals surface area contributed by atoms with Crippen LogP contribution in [0, 0.1) is 17.3 Å². The Morgan fingerprint density at radius 1 is 1.35 bits per heavy atom. The molecule has 3 nitrogen and oxygen atoms in total. The van der Waals surface area contributed by atoms with Crippen molar-refractivity contribution in [1.82, 2.24) is 0 Å². The Kier molecular flexibility index (Phi) is 3.23. The van der Waals surface area contributed by atoms with Gasteiger partial charge in [-0.05, 0) is 50.9 Å². The van der Waals surface area contributed by atoms with Gasteiger partial charge in [0.25, 0.3) is 0 Å². The Bertz CT molecular complexity index is 305. The number of esters is 1. The summed E-state index contributed by atoms with van der Waals surface area (Å²) in [6.07, 6.45) is 4.32. The number of ether oxygens (including phenoxy) is 1. The molecule has 0 aliphatic heterocycles. The van der Waals surface area contributed by atoms with Gasteiger partial charge in [0.05, 0.1) is 17.6 Å². The molecule has 0 amide bonds. The molecule has 0 saturated heterocycles. The van der Waals surface area contributed by atoms with E-state index in [0.717, 1.165) is 32.1 Å². The van der Waals surface area contributed by atoms with Crippen LogP contribution in [0.3, 0.4) is 0 Å². The summed E-state index contributed by atoms with van der Waals surface area (Å²) >= 11 is 0. The highest BCUT2D eigenvalue weighted by atomic mass is 16.5. The summed E-state index contributed by atoms with van der Waals surface area (Å²) in [6, 6.07) is 0. The predicted octanol–water partition coefficient (Wildman–Crippen LogP) is 2.52. The molecular formula is C14H24O3. The van der Waals surface area contributed by atoms with Crippen molar-refractivity contribution in [1.29, 1.82) is 0 Å². The van der Waals surface area contributed by atoms with E-state index < -0.39 is 11.0 Å². The Balaban J connectivity index is 2.15. The maximum absolute atomic E-state index is 12.1. The average molecular weight is 240 g/mol. The molecular weight excluding hydrogens is 216 g/mol. The highest BCUT2D eigenvalue weighted by molar-refractivity contribution is 5.82. The smallest absolute Gasteiger partial charge is 0.315 e. The number of carbonyl (C=O) groups is 1. The van der Waals surface area contributed by atoms with Crippen LogP contribution in [0.25, 0.3) is 0 Å². The van der Waals surface area contributed by atoms with Gasteiger partial charge in [0.15, 0.2) is 0 Å². The van der Waals surface area contributed by atoms with Crippen molar-refractivity contribution in [2.45, 2.75) is 58.5 Å². The molecule has 98 valence electrons. The minimum atomic E-state index is -0.814. The molecule has 2 rings (SSSR count). The van der Waals surface area contributed by atoms with Crippen LogP contribution in [-0.4, -0.2) is 23.3 Å². The van der Waals surface area contributed by atoms with E-state index in [0.29, 0.717) is 12.5 Å². The fourth-order valence-electron chi connectivity index (χ4n) is 3.49. The summed E-state index contributed by atoms with van der Waals surface area (Å²) in [7, 11) is 0. The average Bonchev–Trinajstić information content (AvgIpc) is 2.97. The number of rotatable bonds is 3. The van der Waals surface area contributed by atoms with E-state index in [1.807, 2.05) is 13.8 Å². The molecule has 2 saturated carbocycles. The van der Waals surface area contributed by atoms with Crippen molar-refractivity contribution in [3.8, 4) is 0 Å². The third-order valence-corrected chi connectivity index (χ3v) is 4.88. The van der Waals surface area contributed by atoms with Gasteiger partial charge >= 0.3 is 5.97 Å². The van der Waals surface area contributed by atoms with Gasteiger partial charge in [-0.3, -0.25) is 4.79 Å². The minimum Gasteiger partial charge on any atom is -0.465 e. The van der Waals surface area contributed by atoms with Crippen molar-refractivity contribution in [2.75, 3.05) is 6.61 Å². The molecule has 0 radical (unpaired) electrons. The van der Waals surface area contributed by atoms with Gasteiger partial charge in [-0.1, -0.05) is 13.8 Å². The zero-order chi connectivity index (χ0) is 12.7. The third kappa shape index (κ3) is 1.88. The maximum atomic E-state index is 12.1. The van der Waals surface area contributed by atoms with Gasteiger partial charge < -0.3 is 9.84 Å². The second kappa shape index (κ2) is 4.27. The molecule has 1 N–H and O–H groups in total. The third-order valence-electron chi connectivity index (χ3n) is 4.88. The number of hydrogen-bond acceptors (Lipinski definition) is 3. The zero-order valence-corrected chi connectivity index (χ0v) is 11.2. The lowest BCUT2D eigenvalue weighted by Crippen LogP contribution is -2.48. The summed E-state index contributed by atoms with van der Waals surface area (Å²) in [5, 5.41) is 10.8. The van der Waals surface area contributed by atoms with Crippen LogP contribution in [-0.2, 0) is 9.53 Å². The molecule has 17 heavy (non-hydrogen) atoms. The van der Waals surface area contributed by atoms with E-state index in [-0.39, 0.29) is 11.9 Å². The maximum Gasteiger partial charge on any atom is 0.315 e. The number of aliphatic hydroxyl groups is 1. The standard InChI is InChI=1S/C14H24O3/c1-4-17-12(15)14(9-11(14)3)13(16)7-5-10(2)6-8-13/h10-11,16H,4-9H2,1-3H3. The van der Waals surface area contributed by atoms with Crippen LogP contribution in [0.1, 0.15) is 52.9 Å². The number of carbonyl (C=O) groups excluding carboxylic acids is 1. The van der Waals surface area contributed by atoms with Crippen LogP contribution in [0.15, 0.2) is 0 Å². The van der Waals surface area contributed by atoms with Crippen LogP contribution >= 0.6 is 0 Å². The van der Waals surface area contributed by atoms with Crippen LogP contribution in [0.2, 0.25) is 0 Å². The van der Waals surface area contributed by atoms with E-state index in [4.69, 9.17) is 4.74 Å². The number of hydrogen-bond donors (Lipinski definition) is 1. The van der Waals surface area contributed by atoms with E-state index in [2.05, 4.69) is 6.92 Å². The van der Waals surface area contributed by atoms with Crippen molar-refractivity contribution in [2.24, 2.45) is 17.3 Å². The molecule has 2 aliphatic carbocycles. The fraction of sp³-hybridized carbons (Fsp3) is 0.929. The van der Waals surface area contributed by atoms with Crippen molar-refractivity contribution < 1.29 is 14.6 Å². The summed E-state index contributed by atoms with van der Waals surface area (Å²) in [4.78, 5) is 12.1. The predicted molar refractivity (Wildman–Crippen MR) is 65.4 cm³/mol. The molecule has 2 aliphatic rings. The van der Waals surface area contributed by atoms with Crippen molar-refractivity contribution >= 4 is 5.97 Å². The molecule has 0 aromatic carbocycles. The zero-order valence-electron chi connectivity index (χ0n) is 11.2. The molecule has 0 aromatic heterocycles. The largest absolute Gasteiger partial charge is 0.465 e. The van der Waals surface area contributed by atoms with Crippen molar-refractivity contribution in [3.05, 3.63) is 0 Å².